The van der Waals surface area contributed by atoms with Gasteiger partial charge in [-0.25, -0.2) is 8.42 Å². The average Bonchev–Trinajstić information content (AvgIpc) is 2.98. The number of aliphatic imine (C=N–C) groups is 1. The molecule has 0 aromatic heterocycles. The van der Waals surface area contributed by atoms with Gasteiger partial charge in [0, 0.05) is 18.2 Å². The Morgan fingerprint density at radius 1 is 1.41 bits per heavy atom. The molecule has 3 rings (SSSR count). The highest BCUT2D eigenvalue weighted by atomic mass is 32.2. The van der Waals surface area contributed by atoms with Crippen LogP contribution in [0.3, 0.4) is 0 Å². The van der Waals surface area contributed by atoms with E-state index in [4.69, 9.17) is 0 Å². The zero-order valence-electron chi connectivity index (χ0n) is 9.50. The van der Waals surface area contributed by atoms with Crippen LogP contribution in [-0.2, 0) is 14.6 Å². The lowest BCUT2D eigenvalue weighted by atomic mass is 10.2. The second-order valence-electron chi connectivity index (χ2n) is 4.92. The molecule has 2 aliphatic heterocycles. The third-order valence-electron chi connectivity index (χ3n) is 3.46. The highest BCUT2D eigenvalue weighted by Gasteiger charge is 2.47. The van der Waals surface area contributed by atoms with Crippen molar-refractivity contribution in [3.63, 3.8) is 0 Å². The standard InChI is InChI=1S/C10H14N2O3S2/c1-12-7-4-17(14,15)5-8(7)16-10(12)11-9(13)6-2-3-6/h6-8H,2-5H2,1H3. The molecule has 2 atom stereocenters. The van der Waals surface area contributed by atoms with E-state index in [0.717, 1.165) is 12.8 Å². The van der Waals surface area contributed by atoms with Crippen LogP contribution in [0.4, 0.5) is 0 Å². The monoisotopic (exact) mass is 274 g/mol. The quantitative estimate of drug-likeness (QED) is 0.679. The van der Waals surface area contributed by atoms with Crippen LogP contribution >= 0.6 is 11.8 Å². The molecule has 1 aliphatic carbocycles. The molecule has 0 radical (unpaired) electrons. The molecule has 5 nitrogen and oxygen atoms in total. The van der Waals surface area contributed by atoms with E-state index in [-0.39, 0.29) is 34.6 Å². The van der Waals surface area contributed by atoms with E-state index in [2.05, 4.69) is 4.99 Å². The summed E-state index contributed by atoms with van der Waals surface area (Å²) in [4.78, 5) is 17.6. The normalized spacial score (nSPS) is 37.5. The van der Waals surface area contributed by atoms with Crippen molar-refractivity contribution in [2.24, 2.45) is 10.9 Å². The molecule has 94 valence electrons. The van der Waals surface area contributed by atoms with E-state index in [1.54, 1.807) is 0 Å². The van der Waals surface area contributed by atoms with Crippen LogP contribution in [-0.4, -0.2) is 54.2 Å². The van der Waals surface area contributed by atoms with Crippen LogP contribution in [0.25, 0.3) is 0 Å². The molecule has 0 aromatic rings. The van der Waals surface area contributed by atoms with E-state index >= 15 is 0 Å². The van der Waals surface area contributed by atoms with Crippen molar-refractivity contribution in [2.75, 3.05) is 18.6 Å². The van der Waals surface area contributed by atoms with E-state index in [0.29, 0.717) is 5.17 Å². The van der Waals surface area contributed by atoms with Gasteiger partial charge in [-0.2, -0.15) is 4.99 Å². The Labute approximate surface area is 105 Å². The largest absolute Gasteiger partial charge is 0.349 e. The number of rotatable bonds is 1. The summed E-state index contributed by atoms with van der Waals surface area (Å²) < 4.78 is 23.0. The van der Waals surface area contributed by atoms with Gasteiger partial charge in [-0.15, -0.1) is 0 Å². The first-order valence-corrected chi connectivity index (χ1v) is 8.39. The van der Waals surface area contributed by atoms with E-state index in [1.165, 1.54) is 11.8 Å². The van der Waals surface area contributed by atoms with Gasteiger partial charge in [0.25, 0.3) is 5.91 Å². The van der Waals surface area contributed by atoms with Crippen molar-refractivity contribution in [1.29, 1.82) is 0 Å². The molecule has 2 unspecified atom stereocenters. The maximum atomic E-state index is 11.6. The Hall–Kier alpha value is -0.560. The van der Waals surface area contributed by atoms with E-state index in [9.17, 15) is 13.2 Å². The maximum Gasteiger partial charge on any atom is 0.251 e. The Balaban J connectivity index is 1.77. The maximum absolute atomic E-state index is 11.6. The van der Waals surface area contributed by atoms with Crippen molar-refractivity contribution in [3.8, 4) is 0 Å². The minimum Gasteiger partial charge on any atom is -0.349 e. The van der Waals surface area contributed by atoms with Crippen molar-refractivity contribution in [2.45, 2.75) is 24.1 Å². The first kappa shape index (κ1) is 11.5. The lowest BCUT2D eigenvalue weighted by molar-refractivity contribution is -0.118. The van der Waals surface area contributed by atoms with Gasteiger partial charge in [0.1, 0.15) is 0 Å². The lowest BCUT2D eigenvalue weighted by Crippen LogP contribution is -2.34. The first-order chi connectivity index (χ1) is 7.96. The summed E-state index contributed by atoms with van der Waals surface area (Å²) in [6.45, 7) is 0. The molecule has 7 heteroatoms. The summed E-state index contributed by atoms with van der Waals surface area (Å²) in [5, 5.41) is 0.752. The number of amidine groups is 1. The van der Waals surface area contributed by atoms with Crippen molar-refractivity contribution < 1.29 is 13.2 Å². The third kappa shape index (κ3) is 2.10. The van der Waals surface area contributed by atoms with Gasteiger partial charge in [-0.05, 0) is 12.8 Å². The fourth-order valence-electron chi connectivity index (χ4n) is 2.25. The first-order valence-electron chi connectivity index (χ1n) is 5.69. The zero-order chi connectivity index (χ0) is 12.2. The number of sulfone groups is 1. The molecule has 2 heterocycles. The lowest BCUT2D eigenvalue weighted by Gasteiger charge is -2.17. The number of amides is 1. The number of fused-ring (bicyclic) bond motifs is 1. The molecule has 3 fully saturated rings. The summed E-state index contributed by atoms with van der Waals surface area (Å²) in [5.41, 5.74) is 0. The zero-order valence-corrected chi connectivity index (χ0v) is 11.1. The van der Waals surface area contributed by atoms with Crippen molar-refractivity contribution in [3.05, 3.63) is 0 Å². The molecule has 0 N–H and O–H groups in total. The average molecular weight is 274 g/mol. The second kappa shape index (κ2) is 3.71. The van der Waals surface area contributed by atoms with Crippen LogP contribution < -0.4 is 0 Å². The van der Waals surface area contributed by atoms with Crippen molar-refractivity contribution in [1.82, 2.24) is 4.90 Å². The smallest absolute Gasteiger partial charge is 0.251 e. The number of thioether (sulfide) groups is 1. The van der Waals surface area contributed by atoms with Crippen LogP contribution in [0.1, 0.15) is 12.8 Å². The van der Waals surface area contributed by atoms with Crippen LogP contribution in [0, 0.1) is 5.92 Å². The van der Waals surface area contributed by atoms with Gasteiger partial charge in [-0.3, -0.25) is 4.79 Å². The second-order valence-corrected chi connectivity index (χ2v) is 8.28. The van der Waals surface area contributed by atoms with Gasteiger partial charge in [0.2, 0.25) is 0 Å². The molecular formula is C10H14N2O3S2. The molecule has 2 saturated heterocycles. The summed E-state index contributed by atoms with van der Waals surface area (Å²) in [6.07, 6.45) is 1.90. The number of carbonyl (C=O) groups excluding carboxylic acids is 1. The van der Waals surface area contributed by atoms with Gasteiger partial charge < -0.3 is 4.90 Å². The molecule has 0 aromatic carbocycles. The van der Waals surface area contributed by atoms with Crippen LogP contribution in [0.5, 0.6) is 0 Å². The Bertz CT molecular complexity index is 496. The summed E-state index contributed by atoms with van der Waals surface area (Å²) in [7, 11) is -1.07. The van der Waals surface area contributed by atoms with Crippen LogP contribution in [0.15, 0.2) is 4.99 Å². The third-order valence-corrected chi connectivity index (χ3v) is 6.76. The minimum atomic E-state index is -2.90. The molecule has 1 amide bonds. The van der Waals surface area contributed by atoms with Gasteiger partial charge in [0.05, 0.1) is 17.5 Å². The van der Waals surface area contributed by atoms with E-state index in [1.807, 2.05) is 11.9 Å². The van der Waals surface area contributed by atoms with Gasteiger partial charge >= 0.3 is 0 Å². The molecule has 0 spiro atoms. The highest BCUT2D eigenvalue weighted by Crippen LogP contribution is 2.38. The topological polar surface area (TPSA) is 66.8 Å². The Kier molecular flexibility index (Phi) is 2.52. The number of carbonyl (C=O) groups is 1. The molecule has 3 aliphatic rings. The van der Waals surface area contributed by atoms with Gasteiger partial charge in [-0.1, -0.05) is 11.8 Å². The molecule has 1 saturated carbocycles. The minimum absolute atomic E-state index is 0.00393. The number of nitrogens with zero attached hydrogens (tertiary/aromatic N) is 2. The summed E-state index contributed by atoms with van der Waals surface area (Å²) >= 11 is 1.44. The molecule has 0 bridgehead atoms. The summed E-state index contributed by atoms with van der Waals surface area (Å²) in [6, 6.07) is -0.00393. The summed E-state index contributed by atoms with van der Waals surface area (Å²) in [5.74, 6) is 0.490. The Morgan fingerprint density at radius 3 is 2.71 bits per heavy atom. The SMILES string of the molecule is CN1C(=NC(=O)C2CC2)SC2CS(=O)(=O)CC21. The Morgan fingerprint density at radius 2 is 2.12 bits per heavy atom. The van der Waals surface area contributed by atoms with E-state index < -0.39 is 9.84 Å². The predicted octanol–water partition coefficient (Wildman–Crippen LogP) is 0.123. The van der Waals surface area contributed by atoms with Gasteiger partial charge in [0.15, 0.2) is 15.0 Å². The van der Waals surface area contributed by atoms with Crippen LogP contribution in [0.2, 0.25) is 0 Å². The molecular weight excluding hydrogens is 260 g/mol. The number of hydrogen-bond donors (Lipinski definition) is 0. The fraction of sp³-hybridized carbons (Fsp3) is 0.800. The fourth-order valence-corrected chi connectivity index (χ4v) is 6.25. The van der Waals surface area contributed by atoms with Crippen molar-refractivity contribution >= 4 is 32.7 Å². The highest BCUT2D eigenvalue weighted by molar-refractivity contribution is 8.15. The molecule has 17 heavy (non-hydrogen) atoms. The predicted molar refractivity (Wildman–Crippen MR) is 66.7 cm³/mol. The number of hydrogen-bond acceptors (Lipinski definition) is 4.